The molecule has 1 rings (SSSR count). The van der Waals surface area contributed by atoms with Crippen LogP contribution in [0.4, 0.5) is 17.6 Å². The lowest BCUT2D eigenvalue weighted by Gasteiger charge is -2.10. The first-order chi connectivity index (χ1) is 6.37. The van der Waals surface area contributed by atoms with E-state index in [-0.39, 0.29) is 0 Å². The molecule has 0 aliphatic heterocycles. The van der Waals surface area contributed by atoms with Gasteiger partial charge >= 0.3 is 0 Å². The van der Waals surface area contributed by atoms with Crippen molar-refractivity contribution < 1.29 is 31.4 Å². The van der Waals surface area contributed by atoms with Crippen LogP contribution in [0.2, 0.25) is 0 Å². The number of halogens is 4. The van der Waals surface area contributed by atoms with Crippen molar-refractivity contribution >= 4 is 11.1 Å². The minimum Gasteiger partial charge on any atom is -0.768 e. The molecule has 1 N–H and O–H groups in total. The van der Waals surface area contributed by atoms with Crippen LogP contribution in [0.3, 0.4) is 0 Å². The Hall–Kier alpha value is -1.15. The van der Waals surface area contributed by atoms with Crippen LogP contribution < -0.4 is 0 Å². The highest BCUT2D eigenvalue weighted by Gasteiger charge is 2.25. The van der Waals surface area contributed by atoms with Crippen LogP contribution in [0, 0.1) is 23.3 Å². The third kappa shape index (κ3) is 1.46. The summed E-state index contributed by atoms with van der Waals surface area (Å²) < 4.78 is 70.5. The first-order valence-electron chi connectivity index (χ1n) is 3.02. The van der Waals surface area contributed by atoms with Crippen LogP contribution in [0.5, 0.6) is 5.75 Å². The molecule has 0 spiro atoms. The summed E-state index contributed by atoms with van der Waals surface area (Å²) in [5.41, 5.74) is 0. The van der Waals surface area contributed by atoms with Crippen LogP contribution in [0.15, 0.2) is 4.90 Å². The van der Waals surface area contributed by atoms with Gasteiger partial charge in [-0.1, -0.05) is 0 Å². The molecule has 1 unspecified atom stereocenters. The van der Waals surface area contributed by atoms with Gasteiger partial charge in [0.05, 0.1) is 0 Å². The molecule has 1 atom stereocenters. The van der Waals surface area contributed by atoms with Crippen LogP contribution in [0.1, 0.15) is 0 Å². The van der Waals surface area contributed by atoms with E-state index in [4.69, 9.17) is 5.11 Å². The Morgan fingerprint density at radius 1 is 1.00 bits per heavy atom. The molecule has 14 heavy (non-hydrogen) atoms. The van der Waals surface area contributed by atoms with Crippen molar-refractivity contribution in [2.24, 2.45) is 0 Å². The van der Waals surface area contributed by atoms with Gasteiger partial charge < -0.3 is 9.66 Å². The summed E-state index contributed by atoms with van der Waals surface area (Å²) in [4.78, 5) is -1.78. The number of phenols is 1. The van der Waals surface area contributed by atoms with Crippen LogP contribution in [-0.2, 0) is 11.1 Å². The quantitative estimate of drug-likeness (QED) is 0.447. The summed E-state index contributed by atoms with van der Waals surface area (Å²) in [5.74, 6) is -10.5. The van der Waals surface area contributed by atoms with Crippen LogP contribution in [0.25, 0.3) is 0 Å². The lowest BCUT2D eigenvalue weighted by molar-refractivity contribution is 0.341. The molecule has 0 heterocycles. The van der Waals surface area contributed by atoms with Crippen molar-refractivity contribution in [2.45, 2.75) is 4.90 Å². The highest BCUT2D eigenvalue weighted by Crippen LogP contribution is 2.29. The molecule has 0 saturated carbocycles. The standard InChI is InChI=1S/C6H2F4O3S/c7-1-3(9)6(14(12)13)4(10)2(8)5(1)11/h11H,(H,12,13)/p-1. The van der Waals surface area contributed by atoms with Gasteiger partial charge in [0.25, 0.3) is 0 Å². The smallest absolute Gasteiger partial charge is 0.204 e. The predicted molar refractivity (Wildman–Crippen MR) is 35.1 cm³/mol. The van der Waals surface area contributed by atoms with Gasteiger partial charge in [0.2, 0.25) is 11.6 Å². The monoisotopic (exact) mass is 229 g/mol. The van der Waals surface area contributed by atoms with Gasteiger partial charge in [-0.3, -0.25) is 4.21 Å². The second-order valence-electron chi connectivity index (χ2n) is 2.17. The molecule has 0 aliphatic carbocycles. The molecule has 0 bridgehead atoms. The van der Waals surface area contributed by atoms with Gasteiger partial charge in [-0.15, -0.1) is 0 Å². The Kier molecular flexibility index (Phi) is 2.76. The first-order valence-corrected chi connectivity index (χ1v) is 4.09. The van der Waals surface area contributed by atoms with E-state index in [9.17, 15) is 26.3 Å². The summed E-state index contributed by atoms with van der Waals surface area (Å²) in [5, 5.41) is 8.44. The molecule has 78 valence electrons. The molecular weight excluding hydrogens is 228 g/mol. The van der Waals surface area contributed by atoms with E-state index in [0.717, 1.165) is 0 Å². The van der Waals surface area contributed by atoms with E-state index >= 15 is 0 Å². The van der Waals surface area contributed by atoms with Crippen LogP contribution >= 0.6 is 0 Å². The van der Waals surface area contributed by atoms with Gasteiger partial charge in [0.1, 0.15) is 4.90 Å². The van der Waals surface area contributed by atoms with Crippen molar-refractivity contribution in [3.63, 3.8) is 0 Å². The average molecular weight is 229 g/mol. The Morgan fingerprint density at radius 2 is 1.36 bits per heavy atom. The van der Waals surface area contributed by atoms with Crippen LogP contribution in [-0.4, -0.2) is 13.9 Å². The number of aromatic hydroxyl groups is 1. The van der Waals surface area contributed by atoms with Gasteiger partial charge in [-0.2, -0.15) is 8.78 Å². The minimum absolute atomic E-state index is 1.78. The zero-order valence-electron chi connectivity index (χ0n) is 6.18. The molecule has 0 radical (unpaired) electrons. The Morgan fingerprint density at radius 3 is 1.64 bits per heavy atom. The maximum atomic E-state index is 12.6. The van der Waals surface area contributed by atoms with E-state index in [1.54, 1.807) is 0 Å². The van der Waals surface area contributed by atoms with Crippen molar-refractivity contribution in [3.05, 3.63) is 23.3 Å². The summed E-state index contributed by atoms with van der Waals surface area (Å²) in [7, 11) is 0. The number of phenolic OH excluding ortho intramolecular Hbond substituents is 1. The zero-order chi connectivity index (χ0) is 11.0. The second kappa shape index (κ2) is 3.54. The molecule has 1 aromatic carbocycles. The molecule has 0 saturated heterocycles. The second-order valence-corrected chi connectivity index (χ2v) is 3.05. The molecule has 1 aromatic rings. The van der Waals surface area contributed by atoms with Crippen molar-refractivity contribution in [1.82, 2.24) is 0 Å². The summed E-state index contributed by atoms with van der Waals surface area (Å²) >= 11 is -3.47. The molecule has 3 nitrogen and oxygen atoms in total. The van der Waals surface area contributed by atoms with Gasteiger partial charge in [0, 0.05) is 0 Å². The minimum atomic E-state index is -3.47. The Labute approximate surface area is 77.3 Å². The maximum Gasteiger partial charge on any atom is 0.204 e. The highest BCUT2D eigenvalue weighted by molar-refractivity contribution is 7.79. The molecule has 0 amide bonds. The molecular formula is C6HF4O3S-. The van der Waals surface area contributed by atoms with Crippen molar-refractivity contribution in [1.29, 1.82) is 0 Å². The van der Waals surface area contributed by atoms with E-state index in [0.29, 0.717) is 0 Å². The lowest BCUT2D eigenvalue weighted by Crippen LogP contribution is -2.05. The predicted octanol–water partition coefficient (Wildman–Crippen LogP) is 1.19. The molecule has 0 fully saturated rings. The summed E-state index contributed by atoms with van der Waals surface area (Å²) in [6, 6.07) is 0. The average Bonchev–Trinajstić information content (AvgIpc) is 2.11. The third-order valence-corrected chi connectivity index (χ3v) is 2.06. The molecule has 0 aliphatic rings. The summed E-state index contributed by atoms with van der Waals surface area (Å²) in [6.45, 7) is 0. The first kappa shape index (κ1) is 10.9. The number of rotatable bonds is 1. The number of benzene rings is 1. The lowest BCUT2D eigenvalue weighted by atomic mass is 10.3. The topological polar surface area (TPSA) is 60.4 Å². The van der Waals surface area contributed by atoms with E-state index in [1.165, 1.54) is 0 Å². The largest absolute Gasteiger partial charge is 0.768 e. The fourth-order valence-electron chi connectivity index (χ4n) is 0.746. The maximum absolute atomic E-state index is 12.6. The molecule has 8 heteroatoms. The van der Waals surface area contributed by atoms with Crippen molar-refractivity contribution in [2.75, 3.05) is 0 Å². The Bertz CT molecular complexity index is 391. The van der Waals surface area contributed by atoms with Gasteiger partial charge in [-0.05, 0) is 11.1 Å². The zero-order valence-corrected chi connectivity index (χ0v) is 7.00. The van der Waals surface area contributed by atoms with E-state index in [2.05, 4.69) is 0 Å². The third-order valence-electron chi connectivity index (χ3n) is 1.37. The number of hydrogen-bond acceptors (Lipinski definition) is 3. The highest BCUT2D eigenvalue weighted by atomic mass is 32.2. The fraction of sp³-hybridized carbons (Fsp3) is 0. The van der Waals surface area contributed by atoms with Gasteiger partial charge in [0.15, 0.2) is 17.4 Å². The molecule has 0 aromatic heterocycles. The normalized spacial score (nSPS) is 12.9. The summed E-state index contributed by atoms with van der Waals surface area (Å²) in [6.07, 6.45) is 0. The van der Waals surface area contributed by atoms with Crippen molar-refractivity contribution in [3.8, 4) is 5.75 Å². The number of hydrogen-bond donors (Lipinski definition) is 1. The SMILES string of the molecule is O=S([O-])c1c(F)c(F)c(O)c(F)c1F. The fourth-order valence-corrected chi connectivity index (χ4v) is 1.22. The van der Waals surface area contributed by atoms with Gasteiger partial charge in [-0.25, -0.2) is 8.78 Å². The van der Waals surface area contributed by atoms with E-state index < -0.39 is 45.0 Å². The van der Waals surface area contributed by atoms with E-state index in [1.807, 2.05) is 0 Å². The Balaban J connectivity index is 3.68.